The first-order valence-electron chi connectivity index (χ1n) is 10.6. The minimum atomic E-state index is -3.92. The molecule has 0 fully saturated rings. The summed E-state index contributed by atoms with van der Waals surface area (Å²) in [6.45, 7) is 10.1. The number of hydrogen-bond donors (Lipinski definition) is 1. The van der Waals surface area contributed by atoms with E-state index in [-0.39, 0.29) is 22.8 Å². The smallest absolute Gasteiger partial charge is 0.264 e. The Labute approximate surface area is 190 Å². The molecule has 1 N–H and O–H groups in total. The molecule has 0 aromatic heterocycles. The molecule has 2 aromatic carbocycles. The average molecular weight is 461 g/mol. The third-order valence-electron chi connectivity index (χ3n) is 5.11. The Bertz CT molecular complexity index is 1070. The molecular formula is C24H32N2O5S. The molecule has 3 rings (SSSR count). The van der Waals surface area contributed by atoms with Gasteiger partial charge in [0, 0.05) is 5.54 Å². The molecule has 0 radical (unpaired) electrons. The molecule has 0 spiro atoms. The molecule has 1 atom stereocenters. The van der Waals surface area contributed by atoms with Gasteiger partial charge < -0.3 is 14.8 Å². The average Bonchev–Trinajstić information content (AvgIpc) is 2.70. The second kappa shape index (κ2) is 8.65. The number of fused-ring (bicyclic) bond motifs is 1. The number of rotatable bonds is 6. The molecule has 1 aliphatic rings. The van der Waals surface area contributed by atoms with Crippen LogP contribution in [-0.4, -0.2) is 39.6 Å². The van der Waals surface area contributed by atoms with Crippen molar-refractivity contribution >= 4 is 21.6 Å². The Balaban J connectivity index is 1.91. The Kier molecular flexibility index (Phi) is 6.47. The zero-order chi connectivity index (χ0) is 23.7. The van der Waals surface area contributed by atoms with Gasteiger partial charge in [0.25, 0.3) is 15.9 Å². The molecule has 1 heterocycles. The van der Waals surface area contributed by atoms with Crippen molar-refractivity contribution in [2.45, 2.75) is 57.6 Å². The fourth-order valence-electron chi connectivity index (χ4n) is 4.23. The molecule has 32 heavy (non-hydrogen) atoms. The summed E-state index contributed by atoms with van der Waals surface area (Å²) in [5, 5.41) is 3.04. The molecule has 1 unspecified atom stereocenters. The van der Waals surface area contributed by atoms with Crippen LogP contribution in [0.25, 0.3) is 0 Å². The number of nitrogens with one attached hydrogen (secondary N) is 1. The zero-order valence-corrected chi connectivity index (χ0v) is 20.3. The summed E-state index contributed by atoms with van der Waals surface area (Å²) < 4.78 is 39.3. The lowest BCUT2D eigenvalue weighted by Crippen LogP contribution is -2.55. The highest BCUT2D eigenvalue weighted by atomic mass is 32.2. The van der Waals surface area contributed by atoms with Gasteiger partial charge in [0.15, 0.2) is 6.10 Å². The van der Waals surface area contributed by atoms with E-state index in [1.165, 1.54) is 23.5 Å². The number of methoxy groups -OCH3 is 1. The van der Waals surface area contributed by atoms with Crippen LogP contribution in [0.1, 0.15) is 41.0 Å². The van der Waals surface area contributed by atoms with E-state index in [2.05, 4.69) is 26.1 Å². The van der Waals surface area contributed by atoms with Gasteiger partial charge in [-0.1, -0.05) is 32.9 Å². The van der Waals surface area contributed by atoms with Crippen molar-refractivity contribution in [3.8, 4) is 11.5 Å². The van der Waals surface area contributed by atoms with Gasteiger partial charge in [0.05, 0.1) is 24.2 Å². The molecule has 1 amide bonds. The van der Waals surface area contributed by atoms with Crippen molar-refractivity contribution in [1.29, 1.82) is 0 Å². The number of nitrogens with zero attached hydrogens (tertiary/aromatic N) is 1. The van der Waals surface area contributed by atoms with Gasteiger partial charge in [-0.3, -0.25) is 9.10 Å². The third kappa shape index (κ3) is 5.35. The van der Waals surface area contributed by atoms with Crippen LogP contribution in [0.2, 0.25) is 0 Å². The monoisotopic (exact) mass is 460 g/mol. The van der Waals surface area contributed by atoms with Crippen molar-refractivity contribution in [1.82, 2.24) is 5.32 Å². The quantitative estimate of drug-likeness (QED) is 0.705. The standard InChI is InChI=1S/C24H32N2O5S/c1-23(2,3)16-24(4,5)25-22(27)21-15-26(19-9-7-8-10-20(19)31-21)32(28,29)18-13-11-17(30-6)12-14-18/h7-14,21H,15-16H2,1-6H3,(H,25,27). The summed E-state index contributed by atoms with van der Waals surface area (Å²) in [4.78, 5) is 13.2. The second-order valence-electron chi connectivity index (χ2n) is 9.90. The molecule has 174 valence electrons. The summed E-state index contributed by atoms with van der Waals surface area (Å²) >= 11 is 0. The molecule has 2 aromatic rings. The maximum Gasteiger partial charge on any atom is 0.264 e. The van der Waals surface area contributed by atoms with Crippen LogP contribution in [0.3, 0.4) is 0 Å². The normalized spacial score (nSPS) is 16.7. The Hall–Kier alpha value is -2.74. The van der Waals surface area contributed by atoms with Gasteiger partial charge >= 0.3 is 0 Å². The van der Waals surface area contributed by atoms with Crippen LogP contribution in [0.5, 0.6) is 11.5 Å². The highest BCUT2D eigenvalue weighted by molar-refractivity contribution is 7.92. The summed E-state index contributed by atoms with van der Waals surface area (Å²) in [6.07, 6.45) is -0.222. The predicted molar refractivity (Wildman–Crippen MR) is 125 cm³/mol. The lowest BCUT2D eigenvalue weighted by Gasteiger charge is -2.38. The molecule has 1 aliphatic heterocycles. The van der Waals surface area contributed by atoms with Crippen molar-refractivity contribution in [3.63, 3.8) is 0 Å². The van der Waals surface area contributed by atoms with E-state index in [4.69, 9.17) is 9.47 Å². The molecule has 0 bridgehead atoms. The van der Waals surface area contributed by atoms with E-state index in [0.717, 1.165) is 6.42 Å². The minimum absolute atomic E-state index is 0.0144. The van der Waals surface area contributed by atoms with Gasteiger partial charge in [0.2, 0.25) is 0 Å². The van der Waals surface area contributed by atoms with Crippen molar-refractivity contribution < 1.29 is 22.7 Å². The van der Waals surface area contributed by atoms with E-state index < -0.39 is 21.7 Å². The number of ether oxygens (including phenoxy) is 2. The summed E-state index contributed by atoms with van der Waals surface area (Å²) in [6, 6.07) is 13.0. The molecule has 8 heteroatoms. The largest absolute Gasteiger partial charge is 0.497 e. The number of anilines is 1. The molecule has 0 saturated heterocycles. The number of carbonyl (C=O) groups excluding carboxylic acids is 1. The first-order chi connectivity index (χ1) is 14.8. The Morgan fingerprint density at radius 1 is 1.09 bits per heavy atom. The van der Waals surface area contributed by atoms with E-state index in [9.17, 15) is 13.2 Å². The van der Waals surface area contributed by atoms with Crippen LogP contribution in [0.15, 0.2) is 53.4 Å². The van der Waals surface area contributed by atoms with Crippen LogP contribution < -0.4 is 19.1 Å². The summed E-state index contributed by atoms with van der Waals surface area (Å²) in [5.41, 5.74) is -0.0584. The molecule has 0 aliphatic carbocycles. The fraction of sp³-hybridized carbons (Fsp3) is 0.458. The van der Waals surface area contributed by atoms with E-state index >= 15 is 0 Å². The number of hydrogen-bond acceptors (Lipinski definition) is 5. The fourth-order valence-corrected chi connectivity index (χ4v) is 5.70. The molecular weight excluding hydrogens is 428 g/mol. The van der Waals surface area contributed by atoms with Crippen molar-refractivity contribution in [2.24, 2.45) is 5.41 Å². The minimum Gasteiger partial charge on any atom is -0.497 e. The van der Waals surface area contributed by atoms with Crippen molar-refractivity contribution in [2.75, 3.05) is 18.0 Å². The SMILES string of the molecule is COc1ccc(S(=O)(=O)N2CC(C(=O)NC(C)(C)CC(C)(C)C)Oc3ccccc32)cc1. The zero-order valence-electron chi connectivity index (χ0n) is 19.5. The third-order valence-corrected chi connectivity index (χ3v) is 6.90. The predicted octanol–water partition coefficient (Wildman–Crippen LogP) is 3.98. The first-order valence-corrected chi connectivity index (χ1v) is 12.0. The number of amides is 1. The van der Waals surface area contributed by atoms with E-state index in [1.54, 1.807) is 36.4 Å². The number of para-hydroxylation sites is 2. The van der Waals surface area contributed by atoms with Crippen molar-refractivity contribution in [3.05, 3.63) is 48.5 Å². The lowest BCUT2D eigenvalue weighted by molar-refractivity contribution is -0.129. The molecule has 7 nitrogen and oxygen atoms in total. The van der Waals surface area contributed by atoms with Gasteiger partial charge in [-0.15, -0.1) is 0 Å². The Morgan fingerprint density at radius 2 is 1.72 bits per heavy atom. The van der Waals surface area contributed by atoms with Crippen LogP contribution >= 0.6 is 0 Å². The summed E-state index contributed by atoms with van der Waals surface area (Å²) in [5.74, 6) is 0.568. The number of carbonyl (C=O) groups is 1. The highest BCUT2D eigenvalue weighted by Crippen LogP contribution is 2.37. The van der Waals surface area contributed by atoms with Crippen LogP contribution in [-0.2, 0) is 14.8 Å². The lowest BCUT2D eigenvalue weighted by atomic mass is 9.81. The molecule has 0 saturated carbocycles. The van der Waals surface area contributed by atoms with Gasteiger partial charge in [-0.2, -0.15) is 0 Å². The topological polar surface area (TPSA) is 84.9 Å². The van der Waals surface area contributed by atoms with Gasteiger partial charge in [0.1, 0.15) is 11.5 Å². The maximum atomic E-state index is 13.5. The first kappa shape index (κ1) is 23.9. The van der Waals surface area contributed by atoms with Gasteiger partial charge in [-0.25, -0.2) is 8.42 Å². The maximum absolute atomic E-state index is 13.5. The summed E-state index contributed by atoms with van der Waals surface area (Å²) in [7, 11) is -2.40. The van der Waals surface area contributed by atoms with Crippen LogP contribution in [0.4, 0.5) is 5.69 Å². The second-order valence-corrected chi connectivity index (χ2v) is 11.8. The van der Waals surface area contributed by atoms with Gasteiger partial charge in [-0.05, 0) is 62.1 Å². The number of benzene rings is 2. The van der Waals surface area contributed by atoms with Crippen LogP contribution in [0, 0.1) is 5.41 Å². The highest BCUT2D eigenvalue weighted by Gasteiger charge is 2.39. The van der Waals surface area contributed by atoms with E-state index in [0.29, 0.717) is 17.2 Å². The van der Waals surface area contributed by atoms with E-state index in [1.807, 2.05) is 13.8 Å². The Morgan fingerprint density at radius 3 is 2.31 bits per heavy atom. The number of sulfonamides is 1.